The second kappa shape index (κ2) is 4.52. The van der Waals surface area contributed by atoms with Crippen LogP contribution in [0.3, 0.4) is 0 Å². The molecule has 1 N–H and O–H groups in total. The van der Waals surface area contributed by atoms with Gasteiger partial charge in [0, 0.05) is 12.1 Å². The lowest BCUT2D eigenvalue weighted by Gasteiger charge is -2.19. The number of aromatic nitrogens is 1. The molecule has 0 aliphatic rings. The first kappa shape index (κ1) is 11.8. The van der Waals surface area contributed by atoms with Crippen LogP contribution in [0.1, 0.15) is 0 Å². The SMILES string of the molecule is COc1cc(N[Si](C)(C)C)nc(OC)c1. The average molecular weight is 226 g/mol. The molecule has 0 unspecified atom stereocenters. The Morgan fingerprint density at radius 3 is 2.27 bits per heavy atom. The van der Waals surface area contributed by atoms with E-state index in [1.165, 1.54) is 0 Å². The van der Waals surface area contributed by atoms with Gasteiger partial charge in [-0.3, -0.25) is 0 Å². The second-order valence-electron chi connectivity index (χ2n) is 4.31. The van der Waals surface area contributed by atoms with Crippen molar-refractivity contribution in [2.75, 3.05) is 19.2 Å². The molecule has 0 saturated heterocycles. The summed E-state index contributed by atoms with van der Waals surface area (Å²) >= 11 is 0. The van der Waals surface area contributed by atoms with E-state index in [2.05, 4.69) is 29.6 Å². The molecule has 1 aromatic rings. The lowest BCUT2D eigenvalue weighted by molar-refractivity contribution is 0.383. The van der Waals surface area contributed by atoms with E-state index in [4.69, 9.17) is 9.47 Å². The highest BCUT2D eigenvalue weighted by atomic mass is 28.3. The maximum atomic E-state index is 5.17. The first-order valence-electron chi connectivity index (χ1n) is 4.83. The van der Waals surface area contributed by atoms with Crippen molar-refractivity contribution in [3.63, 3.8) is 0 Å². The normalized spacial score (nSPS) is 11.0. The molecule has 0 spiro atoms. The number of hydrogen-bond donors (Lipinski definition) is 1. The van der Waals surface area contributed by atoms with Crippen molar-refractivity contribution >= 4 is 14.1 Å². The molecule has 1 heterocycles. The fourth-order valence-electron chi connectivity index (χ4n) is 1.15. The summed E-state index contributed by atoms with van der Waals surface area (Å²) < 4.78 is 10.3. The third kappa shape index (κ3) is 3.79. The van der Waals surface area contributed by atoms with Crippen molar-refractivity contribution in [1.29, 1.82) is 0 Å². The maximum absolute atomic E-state index is 5.17. The molecule has 1 rings (SSSR count). The number of methoxy groups -OCH3 is 2. The Hall–Kier alpha value is -1.23. The predicted molar refractivity (Wildman–Crippen MR) is 64.3 cm³/mol. The number of nitrogens with one attached hydrogen (secondary N) is 1. The summed E-state index contributed by atoms with van der Waals surface area (Å²) in [6.07, 6.45) is 0. The minimum Gasteiger partial charge on any atom is -0.496 e. The molecule has 0 bridgehead atoms. The van der Waals surface area contributed by atoms with Gasteiger partial charge in [-0.05, 0) is 0 Å². The van der Waals surface area contributed by atoms with E-state index >= 15 is 0 Å². The molecule has 0 aliphatic carbocycles. The van der Waals surface area contributed by atoms with Crippen LogP contribution in [-0.4, -0.2) is 27.4 Å². The zero-order valence-electron chi connectivity index (χ0n) is 9.92. The third-order valence-electron chi connectivity index (χ3n) is 1.72. The van der Waals surface area contributed by atoms with Gasteiger partial charge >= 0.3 is 0 Å². The minimum atomic E-state index is -1.39. The molecule has 5 heteroatoms. The molecule has 0 radical (unpaired) electrons. The summed E-state index contributed by atoms with van der Waals surface area (Å²) in [4.78, 5) is 7.70. The Kier molecular flexibility index (Phi) is 3.57. The molecule has 0 aliphatic heterocycles. The van der Waals surface area contributed by atoms with Gasteiger partial charge in [0.1, 0.15) is 19.8 Å². The topological polar surface area (TPSA) is 43.4 Å². The number of ether oxygens (including phenoxy) is 2. The molecule has 15 heavy (non-hydrogen) atoms. The summed E-state index contributed by atoms with van der Waals surface area (Å²) in [6, 6.07) is 3.64. The van der Waals surface area contributed by atoms with Crippen molar-refractivity contribution in [3.05, 3.63) is 12.1 Å². The van der Waals surface area contributed by atoms with E-state index in [0.29, 0.717) is 5.88 Å². The van der Waals surface area contributed by atoms with E-state index in [1.807, 2.05) is 6.07 Å². The van der Waals surface area contributed by atoms with E-state index in [0.717, 1.165) is 11.6 Å². The van der Waals surface area contributed by atoms with Gasteiger partial charge < -0.3 is 14.5 Å². The van der Waals surface area contributed by atoms with Crippen LogP contribution in [0.15, 0.2) is 12.1 Å². The molecule has 0 aromatic carbocycles. The number of rotatable bonds is 4. The first-order chi connectivity index (χ1) is 6.94. The summed E-state index contributed by atoms with van der Waals surface area (Å²) in [5, 5.41) is 0. The third-order valence-corrected chi connectivity index (χ3v) is 2.73. The van der Waals surface area contributed by atoms with Gasteiger partial charge in [0.15, 0.2) is 0 Å². The molecule has 0 fully saturated rings. The Labute approximate surface area is 91.7 Å². The second-order valence-corrected chi connectivity index (χ2v) is 9.06. The molecule has 0 saturated carbocycles. The number of nitrogens with zero attached hydrogens (tertiary/aromatic N) is 1. The standard InChI is InChI=1S/C10H18N2O2Si/c1-13-8-6-9(12-15(3,4)5)11-10(7-8)14-2/h6-7H,1-5H3,(H,11,12). The molecule has 84 valence electrons. The van der Waals surface area contributed by atoms with Gasteiger partial charge in [-0.25, -0.2) is 0 Å². The van der Waals surface area contributed by atoms with Crippen molar-refractivity contribution in [1.82, 2.24) is 4.98 Å². The Morgan fingerprint density at radius 1 is 1.13 bits per heavy atom. The predicted octanol–water partition coefficient (Wildman–Crippen LogP) is 2.35. The monoisotopic (exact) mass is 226 g/mol. The van der Waals surface area contributed by atoms with Gasteiger partial charge in [0.2, 0.25) is 5.88 Å². The van der Waals surface area contributed by atoms with Crippen molar-refractivity contribution in [2.24, 2.45) is 0 Å². The average Bonchev–Trinajstić information content (AvgIpc) is 2.14. The summed E-state index contributed by atoms with van der Waals surface area (Å²) in [6.45, 7) is 6.63. The van der Waals surface area contributed by atoms with E-state index in [9.17, 15) is 0 Å². The quantitative estimate of drug-likeness (QED) is 0.800. The molecule has 4 nitrogen and oxygen atoms in total. The van der Waals surface area contributed by atoms with Crippen molar-refractivity contribution < 1.29 is 9.47 Å². The summed E-state index contributed by atoms with van der Waals surface area (Å²) in [5.41, 5.74) is 0. The summed E-state index contributed by atoms with van der Waals surface area (Å²) in [7, 11) is 1.84. The highest BCUT2D eigenvalue weighted by molar-refractivity contribution is 6.79. The van der Waals surface area contributed by atoms with Gasteiger partial charge in [-0.15, -0.1) is 0 Å². The molecular weight excluding hydrogens is 208 g/mol. The van der Waals surface area contributed by atoms with Crippen LogP contribution < -0.4 is 14.5 Å². The maximum Gasteiger partial charge on any atom is 0.218 e. The Morgan fingerprint density at radius 2 is 1.80 bits per heavy atom. The van der Waals surface area contributed by atoms with E-state index in [-0.39, 0.29) is 0 Å². The zero-order valence-corrected chi connectivity index (χ0v) is 10.9. The Balaban J connectivity index is 2.97. The van der Waals surface area contributed by atoms with Gasteiger partial charge in [-0.1, -0.05) is 19.6 Å². The Bertz CT molecular complexity index is 314. The van der Waals surface area contributed by atoms with Gasteiger partial charge in [0.25, 0.3) is 0 Å². The number of hydrogen-bond acceptors (Lipinski definition) is 4. The fourth-order valence-corrected chi connectivity index (χ4v) is 2.05. The molecule has 0 amide bonds. The van der Waals surface area contributed by atoms with Crippen LogP contribution in [-0.2, 0) is 0 Å². The van der Waals surface area contributed by atoms with Crippen LogP contribution >= 0.6 is 0 Å². The smallest absolute Gasteiger partial charge is 0.218 e. The van der Waals surface area contributed by atoms with Gasteiger partial charge in [0.05, 0.1) is 14.2 Å². The van der Waals surface area contributed by atoms with E-state index < -0.39 is 8.24 Å². The number of pyridine rings is 1. The molecule has 1 aromatic heterocycles. The first-order valence-corrected chi connectivity index (χ1v) is 8.33. The zero-order chi connectivity index (χ0) is 11.5. The molecular formula is C10H18N2O2Si. The lowest BCUT2D eigenvalue weighted by Crippen LogP contribution is -2.32. The molecule has 0 atom stereocenters. The van der Waals surface area contributed by atoms with Crippen LogP contribution in [0.5, 0.6) is 11.6 Å². The minimum absolute atomic E-state index is 0.565. The van der Waals surface area contributed by atoms with Crippen LogP contribution in [0.4, 0.5) is 5.82 Å². The fraction of sp³-hybridized carbons (Fsp3) is 0.500. The highest BCUT2D eigenvalue weighted by Gasteiger charge is 2.14. The summed E-state index contributed by atoms with van der Waals surface area (Å²) in [5.74, 6) is 2.13. The van der Waals surface area contributed by atoms with Gasteiger partial charge in [-0.2, -0.15) is 4.98 Å². The highest BCUT2D eigenvalue weighted by Crippen LogP contribution is 2.22. The van der Waals surface area contributed by atoms with Crippen LogP contribution in [0, 0.1) is 0 Å². The number of anilines is 1. The van der Waals surface area contributed by atoms with Crippen molar-refractivity contribution in [3.8, 4) is 11.6 Å². The van der Waals surface area contributed by atoms with Crippen LogP contribution in [0.25, 0.3) is 0 Å². The lowest BCUT2D eigenvalue weighted by atomic mass is 10.4. The van der Waals surface area contributed by atoms with E-state index in [1.54, 1.807) is 20.3 Å². The van der Waals surface area contributed by atoms with Crippen molar-refractivity contribution in [2.45, 2.75) is 19.6 Å². The largest absolute Gasteiger partial charge is 0.496 e. The van der Waals surface area contributed by atoms with Crippen LogP contribution in [0.2, 0.25) is 19.6 Å².